The first-order valence-corrected chi connectivity index (χ1v) is 10.4. The summed E-state index contributed by atoms with van der Waals surface area (Å²) in [6.07, 6.45) is 0.972. The van der Waals surface area contributed by atoms with Crippen molar-refractivity contribution in [3.8, 4) is 0 Å². The Kier molecular flexibility index (Phi) is 5.08. The van der Waals surface area contributed by atoms with Crippen molar-refractivity contribution in [1.29, 1.82) is 0 Å². The maximum absolute atomic E-state index is 12.7. The van der Waals surface area contributed by atoms with Gasteiger partial charge in [-0.3, -0.25) is 15.0 Å². The number of thiophene rings is 1. The molecule has 1 aliphatic rings. The molecule has 3 heterocycles. The normalized spacial score (nSPS) is 17.3. The van der Waals surface area contributed by atoms with Gasteiger partial charge in [0.2, 0.25) is 11.8 Å². The highest BCUT2D eigenvalue weighted by atomic mass is 32.1. The van der Waals surface area contributed by atoms with E-state index in [2.05, 4.69) is 71.9 Å². The second-order valence-corrected chi connectivity index (χ2v) is 9.21. The maximum atomic E-state index is 12.7. The van der Waals surface area contributed by atoms with Crippen molar-refractivity contribution in [2.24, 2.45) is 0 Å². The smallest absolute Gasteiger partial charge is 0.240 e. The van der Waals surface area contributed by atoms with Gasteiger partial charge in [-0.2, -0.15) is 0 Å². The molecule has 1 amide bonds. The zero-order valence-corrected chi connectivity index (χ0v) is 17.3. The second-order valence-electron chi connectivity index (χ2n) is 8.21. The standard InChI is InChI=1S/C22H25N3O2S/c1-22(2,3)18-13-20(27-24-18)23-19(26)14-25-11-9-17-16(10-12-28-17)21(25)15-7-5-4-6-8-15/h4-8,10,12-13,21H,9,11,14H2,1-3H3,(H,23,26)/t21-/m1/s1. The van der Waals surface area contributed by atoms with E-state index in [-0.39, 0.29) is 17.4 Å². The molecule has 6 heteroatoms. The molecule has 4 rings (SSSR count). The van der Waals surface area contributed by atoms with E-state index < -0.39 is 0 Å². The number of carbonyl (C=O) groups excluding carboxylic acids is 1. The van der Waals surface area contributed by atoms with Gasteiger partial charge in [0.15, 0.2) is 0 Å². The predicted octanol–water partition coefficient (Wildman–Crippen LogP) is 4.62. The number of hydrogen-bond donors (Lipinski definition) is 1. The first-order valence-electron chi connectivity index (χ1n) is 9.54. The number of hydrogen-bond acceptors (Lipinski definition) is 5. The maximum Gasteiger partial charge on any atom is 0.240 e. The van der Waals surface area contributed by atoms with Crippen LogP contribution in [0.3, 0.4) is 0 Å². The molecule has 1 atom stereocenters. The molecule has 0 saturated carbocycles. The number of aromatic nitrogens is 1. The van der Waals surface area contributed by atoms with Crippen LogP contribution in [0.2, 0.25) is 0 Å². The molecule has 3 aromatic rings. The Morgan fingerprint density at radius 1 is 1.29 bits per heavy atom. The van der Waals surface area contributed by atoms with Crippen molar-refractivity contribution in [1.82, 2.24) is 10.1 Å². The average molecular weight is 396 g/mol. The lowest BCUT2D eigenvalue weighted by Gasteiger charge is -2.35. The molecule has 2 aromatic heterocycles. The Bertz CT molecular complexity index is 956. The molecule has 5 nitrogen and oxygen atoms in total. The van der Waals surface area contributed by atoms with Crippen LogP contribution >= 0.6 is 11.3 Å². The summed E-state index contributed by atoms with van der Waals surface area (Å²) >= 11 is 1.80. The third kappa shape index (κ3) is 3.88. The fourth-order valence-corrected chi connectivity index (χ4v) is 4.52. The minimum Gasteiger partial charge on any atom is -0.338 e. The SMILES string of the molecule is CC(C)(C)c1cc(NC(=O)CN2CCc3sccc3[C@H]2c2ccccc2)on1. The van der Waals surface area contributed by atoms with E-state index in [9.17, 15) is 4.79 Å². The van der Waals surface area contributed by atoms with Crippen LogP contribution in [-0.2, 0) is 16.6 Å². The Morgan fingerprint density at radius 2 is 2.07 bits per heavy atom. The third-order valence-corrected chi connectivity index (χ3v) is 6.07. The van der Waals surface area contributed by atoms with Gasteiger partial charge in [0.05, 0.1) is 18.3 Å². The molecule has 1 aromatic carbocycles. The molecule has 28 heavy (non-hydrogen) atoms. The first-order chi connectivity index (χ1) is 13.4. The minimum absolute atomic E-state index is 0.0868. The minimum atomic E-state index is -0.118. The molecule has 1 N–H and O–H groups in total. The van der Waals surface area contributed by atoms with Crippen LogP contribution in [0.4, 0.5) is 5.88 Å². The summed E-state index contributed by atoms with van der Waals surface area (Å²) in [4.78, 5) is 16.4. The Labute approximate surface area is 169 Å². The number of nitrogens with one attached hydrogen (secondary N) is 1. The molecule has 0 aliphatic carbocycles. The van der Waals surface area contributed by atoms with Crippen LogP contribution in [0.1, 0.15) is 48.5 Å². The Balaban J connectivity index is 1.51. The van der Waals surface area contributed by atoms with Gasteiger partial charge in [-0.25, -0.2) is 0 Å². The van der Waals surface area contributed by atoms with Gasteiger partial charge >= 0.3 is 0 Å². The van der Waals surface area contributed by atoms with Gasteiger partial charge in [0, 0.05) is 22.9 Å². The molecule has 0 spiro atoms. The molecule has 0 unspecified atom stereocenters. The molecule has 146 valence electrons. The Hall–Kier alpha value is -2.44. The monoisotopic (exact) mass is 395 g/mol. The highest BCUT2D eigenvalue weighted by Crippen LogP contribution is 2.37. The second kappa shape index (κ2) is 7.53. The lowest BCUT2D eigenvalue weighted by atomic mass is 9.92. The molecular weight excluding hydrogens is 370 g/mol. The molecule has 1 aliphatic heterocycles. The summed E-state index contributed by atoms with van der Waals surface area (Å²) in [5.41, 5.74) is 3.23. The number of anilines is 1. The lowest BCUT2D eigenvalue weighted by molar-refractivity contribution is -0.117. The zero-order chi connectivity index (χ0) is 19.7. The quantitative estimate of drug-likeness (QED) is 0.700. The van der Waals surface area contributed by atoms with E-state index in [0.29, 0.717) is 12.4 Å². The number of rotatable bonds is 4. The van der Waals surface area contributed by atoms with Crippen molar-refractivity contribution >= 4 is 23.1 Å². The molecule has 0 bridgehead atoms. The fraction of sp³-hybridized carbons (Fsp3) is 0.364. The van der Waals surface area contributed by atoms with Crippen molar-refractivity contribution in [2.45, 2.75) is 38.6 Å². The summed E-state index contributed by atoms with van der Waals surface area (Å²) in [7, 11) is 0. The number of fused-ring (bicyclic) bond motifs is 1. The molecule has 0 radical (unpaired) electrons. The van der Waals surface area contributed by atoms with E-state index in [1.54, 1.807) is 17.4 Å². The summed E-state index contributed by atoms with van der Waals surface area (Å²) in [5, 5.41) is 9.08. The van der Waals surface area contributed by atoms with Crippen LogP contribution < -0.4 is 5.32 Å². The van der Waals surface area contributed by atoms with E-state index in [0.717, 1.165) is 18.7 Å². The van der Waals surface area contributed by atoms with Crippen molar-refractivity contribution in [2.75, 3.05) is 18.4 Å². The van der Waals surface area contributed by atoms with E-state index in [1.807, 2.05) is 6.07 Å². The Morgan fingerprint density at radius 3 is 2.79 bits per heavy atom. The highest BCUT2D eigenvalue weighted by Gasteiger charge is 2.31. The fourth-order valence-electron chi connectivity index (χ4n) is 3.61. The van der Waals surface area contributed by atoms with Crippen LogP contribution in [0, 0.1) is 0 Å². The van der Waals surface area contributed by atoms with Crippen molar-refractivity contribution < 1.29 is 9.32 Å². The highest BCUT2D eigenvalue weighted by molar-refractivity contribution is 7.10. The van der Waals surface area contributed by atoms with Crippen molar-refractivity contribution in [3.63, 3.8) is 0 Å². The largest absolute Gasteiger partial charge is 0.338 e. The predicted molar refractivity (Wildman–Crippen MR) is 112 cm³/mol. The lowest BCUT2D eigenvalue weighted by Crippen LogP contribution is -2.40. The topological polar surface area (TPSA) is 58.4 Å². The van der Waals surface area contributed by atoms with Gasteiger partial charge < -0.3 is 4.52 Å². The van der Waals surface area contributed by atoms with Crippen molar-refractivity contribution in [3.05, 3.63) is 69.5 Å². The van der Waals surface area contributed by atoms with Crippen LogP contribution in [0.5, 0.6) is 0 Å². The first kappa shape index (κ1) is 18.9. The zero-order valence-electron chi connectivity index (χ0n) is 16.4. The average Bonchev–Trinajstić information content (AvgIpc) is 3.31. The summed E-state index contributed by atoms with van der Waals surface area (Å²) in [6.45, 7) is 7.35. The van der Waals surface area contributed by atoms with Gasteiger partial charge in [0.25, 0.3) is 0 Å². The van der Waals surface area contributed by atoms with Gasteiger partial charge in [0.1, 0.15) is 0 Å². The third-order valence-electron chi connectivity index (χ3n) is 5.07. The van der Waals surface area contributed by atoms with Crippen LogP contribution in [0.15, 0.2) is 52.4 Å². The van der Waals surface area contributed by atoms with Crippen LogP contribution in [0.25, 0.3) is 0 Å². The molecule has 0 saturated heterocycles. The van der Waals surface area contributed by atoms with Crippen LogP contribution in [-0.4, -0.2) is 29.1 Å². The van der Waals surface area contributed by atoms with E-state index in [1.165, 1.54) is 16.0 Å². The number of amides is 1. The molecule has 0 fully saturated rings. The van der Waals surface area contributed by atoms with Gasteiger partial charge in [-0.05, 0) is 29.0 Å². The number of carbonyl (C=O) groups is 1. The van der Waals surface area contributed by atoms with E-state index >= 15 is 0 Å². The number of nitrogens with zero attached hydrogens (tertiary/aromatic N) is 2. The summed E-state index contributed by atoms with van der Waals surface area (Å²) in [5.74, 6) is 0.315. The molecular formula is C22H25N3O2S. The summed E-state index contributed by atoms with van der Waals surface area (Å²) < 4.78 is 5.31. The van der Waals surface area contributed by atoms with E-state index in [4.69, 9.17) is 4.52 Å². The van der Waals surface area contributed by atoms with Gasteiger partial charge in [-0.1, -0.05) is 56.3 Å². The van der Waals surface area contributed by atoms with Gasteiger partial charge in [-0.15, -0.1) is 11.3 Å². The number of benzene rings is 1. The summed E-state index contributed by atoms with van der Waals surface area (Å²) in [6, 6.07) is 14.5.